The molecule has 120 valence electrons. The second-order valence-corrected chi connectivity index (χ2v) is 4.66. The van der Waals surface area contributed by atoms with Crippen LogP contribution in [0.4, 0.5) is 4.39 Å². The van der Waals surface area contributed by atoms with Gasteiger partial charge in [0.1, 0.15) is 12.4 Å². The first kappa shape index (κ1) is 17.8. The SMILES string of the molecule is COCCN(CC(=O)OC)C(=O)C=C(C)c1ccc(F)cc1. The van der Waals surface area contributed by atoms with Crippen LogP contribution in [-0.2, 0) is 19.1 Å². The van der Waals surface area contributed by atoms with Gasteiger partial charge in [0.25, 0.3) is 0 Å². The molecule has 22 heavy (non-hydrogen) atoms. The average molecular weight is 309 g/mol. The number of rotatable bonds is 7. The van der Waals surface area contributed by atoms with Crippen LogP contribution in [0.1, 0.15) is 12.5 Å². The molecule has 5 nitrogen and oxygen atoms in total. The number of benzene rings is 1. The molecule has 0 bridgehead atoms. The lowest BCUT2D eigenvalue weighted by molar-refractivity contribution is -0.145. The molecule has 0 fully saturated rings. The van der Waals surface area contributed by atoms with Gasteiger partial charge in [0, 0.05) is 19.7 Å². The fraction of sp³-hybridized carbons (Fsp3) is 0.375. The standard InChI is InChI=1S/C16H20FNO4/c1-12(13-4-6-14(17)7-5-13)10-15(19)18(8-9-21-2)11-16(20)22-3/h4-7,10H,8-9,11H2,1-3H3. The molecule has 0 radical (unpaired) electrons. The highest BCUT2D eigenvalue weighted by atomic mass is 19.1. The highest BCUT2D eigenvalue weighted by molar-refractivity contribution is 5.96. The number of allylic oxidation sites excluding steroid dienone is 1. The molecule has 1 rings (SSSR count). The highest BCUT2D eigenvalue weighted by Gasteiger charge is 2.16. The van der Waals surface area contributed by atoms with Crippen molar-refractivity contribution in [1.82, 2.24) is 4.90 Å². The van der Waals surface area contributed by atoms with E-state index in [4.69, 9.17) is 4.74 Å². The molecule has 0 spiro atoms. The molecule has 0 aliphatic carbocycles. The van der Waals surface area contributed by atoms with Crippen LogP contribution in [0, 0.1) is 5.82 Å². The molecule has 0 heterocycles. The van der Waals surface area contributed by atoms with Crippen LogP contribution < -0.4 is 0 Å². The van der Waals surface area contributed by atoms with E-state index >= 15 is 0 Å². The number of esters is 1. The number of nitrogens with zero attached hydrogens (tertiary/aromatic N) is 1. The zero-order chi connectivity index (χ0) is 16.5. The maximum Gasteiger partial charge on any atom is 0.325 e. The minimum absolute atomic E-state index is 0.147. The van der Waals surface area contributed by atoms with Gasteiger partial charge in [-0.3, -0.25) is 9.59 Å². The lowest BCUT2D eigenvalue weighted by Crippen LogP contribution is -2.37. The number of halogens is 1. The first-order valence-electron chi connectivity index (χ1n) is 6.76. The molecular weight excluding hydrogens is 289 g/mol. The molecule has 0 aliphatic heterocycles. The molecule has 1 amide bonds. The summed E-state index contributed by atoms with van der Waals surface area (Å²) in [6.45, 7) is 2.19. The molecular formula is C16H20FNO4. The summed E-state index contributed by atoms with van der Waals surface area (Å²) in [5.74, 6) is -1.17. The highest BCUT2D eigenvalue weighted by Crippen LogP contribution is 2.14. The van der Waals surface area contributed by atoms with Gasteiger partial charge in [-0.2, -0.15) is 0 Å². The lowest BCUT2D eigenvalue weighted by Gasteiger charge is -2.19. The van der Waals surface area contributed by atoms with Crippen molar-refractivity contribution in [3.8, 4) is 0 Å². The number of carbonyl (C=O) groups is 2. The van der Waals surface area contributed by atoms with E-state index in [2.05, 4.69) is 4.74 Å². The normalized spacial score (nSPS) is 11.2. The van der Waals surface area contributed by atoms with Gasteiger partial charge in [0.2, 0.25) is 5.91 Å². The zero-order valence-electron chi connectivity index (χ0n) is 13.0. The van der Waals surface area contributed by atoms with Crippen molar-refractivity contribution in [2.45, 2.75) is 6.92 Å². The van der Waals surface area contributed by atoms with Crippen LogP contribution in [0.15, 0.2) is 30.3 Å². The number of methoxy groups -OCH3 is 2. The summed E-state index contributed by atoms with van der Waals surface area (Å²) in [6, 6.07) is 5.84. The van der Waals surface area contributed by atoms with Crippen molar-refractivity contribution in [2.75, 3.05) is 33.9 Å². The number of ether oxygens (including phenoxy) is 2. The molecule has 0 saturated heterocycles. The van der Waals surface area contributed by atoms with E-state index in [1.807, 2.05) is 0 Å². The van der Waals surface area contributed by atoms with Gasteiger partial charge in [0.15, 0.2) is 0 Å². The van der Waals surface area contributed by atoms with Gasteiger partial charge in [-0.1, -0.05) is 12.1 Å². The monoisotopic (exact) mass is 309 g/mol. The fourth-order valence-corrected chi connectivity index (χ4v) is 1.76. The van der Waals surface area contributed by atoms with E-state index in [1.165, 1.54) is 37.3 Å². The second-order valence-electron chi connectivity index (χ2n) is 4.66. The van der Waals surface area contributed by atoms with Crippen molar-refractivity contribution in [3.05, 3.63) is 41.7 Å². The minimum Gasteiger partial charge on any atom is -0.468 e. The summed E-state index contributed by atoms with van der Waals surface area (Å²) >= 11 is 0. The number of amides is 1. The smallest absolute Gasteiger partial charge is 0.325 e. The first-order chi connectivity index (χ1) is 10.5. The van der Waals surface area contributed by atoms with Gasteiger partial charge in [-0.25, -0.2) is 4.39 Å². The maximum absolute atomic E-state index is 12.9. The number of hydrogen-bond acceptors (Lipinski definition) is 4. The minimum atomic E-state index is -0.503. The van der Waals surface area contributed by atoms with Gasteiger partial charge < -0.3 is 14.4 Å². The van der Waals surface area contributed by atoms with Crippen LogP contribution in [0.25, 0.3) is 5.57 Å². The number of carbonyl (C=O) groups excluding carboxylic acids is 2. The van der Waals surface area contributed by atoms with E-state index in [-0.39, 0.29) is 24.8 Å². The molecule has 0 aliphatic rings. The molecule has 0 saturated carbocycles. The van der Waals surface area contributed by atoms with E-state index in [0.29, 0.717) is 12.2 Å². The summed E-state index contributed by atoms with van der Waals surface area (Å²) in [4.78, 5) is 25.0. The van der Waals surface area contributed by atoms with Crippen LogP contribution in [0.2, 0.25) is 0 Å². The van der Waals surface area contributed by atoms with Gasteiger partial charge in [0.05, 0.1) is 13.7 Å². The van der Waals surface area contributed by atoms with Crippen molar-refractivity contribution in [2.24, 2.45) is 0 Å². The summed E-state index contributed by atoms with van der Waals surface area (Å²) in [7, 11) is 2.78. The van der Waals surface area contributed by atoms with E-state index < -0.39 is 5.97 Å². The molecule has 0 aromatic heterocycles. The number of hydrogen-bond donors (Lipinski definition) is 0. The predicted molar refractivity (Wildman–Crippen MR) is 80.5 cm³/mol. The zero-order valence-corrected chi connectivity index (χ0v) is 13.0. The third kappa shape index (κ3) is 5.65. The van der Waals surface area contributed by atoms with Crippen molar-refractivity contribution in [3.63, 3.8) is 0 Å². The lowest BCUT2D eigenvalue weighted by atomic mass is 10.1. The Hall–Kier alpha value is -2.21. The van der Waals surface area contributed by atoms with E-state index in [0.717, 1.165) is 5.56 Å². The second kappa shape index (κ2) is 8.94. The Morgan fingerprint density at radius 1 is 1.23 bits per heavy atom. The topological polar surface area (TPSA) is 55.8 Å². The summed E-state index contributed by atoms with van der Waals surface area (Å²) in [5, 5.41) is 0. The predicted octanol–water partition coefficient (Wildman–Crippen LogP) is 1.88. The van der Waals surface area contributed by atoms with Gasteiger partial charge in [-0.15, -0.1) is 0 Å². The Labute approximate surface area is 129 Å². The molecule has 0 N–H and O–H groups in total. The Bertz CT molecular complexity index is 540. The fourth-order valence-electron chi connectivity index (χ4n) is 1.76. The first-order valence-corrected chi connectivity index (χ1v) is 6.76. The quantitative estimate of drug-likeness (QED) is 0.570. The van der Waals surface area contributed by atoms with Crippen molar-refractivity contribution < 1.29 is 23.5 Å². The molecule has 1 aromatic carbocycles. The van der Waals surface area contributed by atoms with Crippen LogP contribution in [0.3, 0.4) is 0 Å². The van der Waals surface area contributed by atoms with Gasteiger partial charge >= 0.3 is 5.97 Å². The van der Waals surface area contributed by atoms with Gasteiger partial charge in [-0.05, 0) is 30.2 Å². The molecule has 0 atom stereocenters. The van der Waals surface area contributed by atoms with Crippen LogP contribution >= 0.6 is 0 Å². The molecule has 6 heteroatoms. The molecule has 1 aromatic rings. The third-order valence-corrected chi connectivity index (χ3v) is 3.06. The van der Waals surface area contributed by atoms with E-state index in [1.54, 1.807) is 19.1 Å². The van der Waals surface area contributed by atoms with Crippen molar-refractivity contribution in [1.29, 1.82) is 0 Å². The largest absolute Gasteiger partial charge is 0.468 e. The van der Waals surface area contributed by atoms with Crippen LogP contribution in [-0.4, -0.2) is 50.7 Å². The Kier molecular flexibility index (Phi) is 7.25. The summed E-state index contributed by atoms with van der Waals surface area (Å²) in [6.07, 6.45) is 1.41. The summed E-state index contributed by atoms with van der Waals surface area (Å²) in [5.41, 5.74) is 1.41. The Morgan fingerprint density at radius 2 is 1.86 bits per heavy atom. The maximum atomic E-state index is 12.9. The molecule has 0 unspecified atom stereocenters. The third-order valence-electron chi connectivity index (χ3n) is 3.06. The Morgan fingerprint density at radius 3 is 2.41 bits per heavy atom. The average Bonchev–Trinajstić information content (AvgIpc) is 2.51. The Balaban J connectivity index is 2.85. The van der Waals surface area contributed by atoms with Crippen molar-refractivity contribution >= 4 is 17.4 Å². The van der Waals surface area contributed by atoms with E-state index in [9.17, 15) is 14.0 Å². The van der Waals surface area contributed by atoms with Crippen LogP contribution in [0.5, 0.6) is 0 Å². The summed E-state index contributed by atoms with van der Waals surface area (Å²) < 4.78 is 22.4.